The van der Waals surface area contributed by atoms with Gasteiger partial charge in [-0.05, 0) is 82.5 Å². The molecule has 0 saturated heterocycles. The Bertz CT molecular complexity index is 1270. The molecule has 0 spiro atoms. The SMILES string of the molecule is [3H]C([3H])([3H])c1c2c(c(C)c(C)c1OC(=O)c1ccc[n+](CCCCCC)c1)OC(C)(CCCCCCCCCCCCCCCC)CC2. The summed E-state index contributed by atoms with van der Waals surface area (Å²) in [5.74, 6) is 0.293. The van der Waals surface area contributed by atoms with Gasteiger partial charge in [0.2, 0.25) is 0 Å². The molecule has 3 rings (SSSR count). The van der Waals surface area contributed by atoms with E-state index in [0.29, 0.717) is 28.9 Å². The second kappa shape index (κ2) is 20.0. The lowest BCUT2D eigenvalue weighted by atomic mass is 9.84. The van der Waals surface area contributed by atoms with Crippen LogP contribution in [0.2, 0.25) is 0 Å². The molecule has 0 aliphatic carbocycles. The summed E-state index contributed by atoms with van der Waals surface area (Å²) in [6, 6.07) is 3.57. The molecule has 2 heterocycles. The second-order valence-corrected chi connectivity index (χ2v) is 13.9. The molecule has 0 N–H and O–H groups in total. The summed E-state index contributed by atoms with van der Waals surface area (Å²) in [5, 5.41) is 0. The van der Waals surface area contributed by atoms with Crippen LogP contribution >= 0.6 is 0 Å². The van der Waals surface area contributed by atoms with Gasteiger partial charge in [-0.1, -0.05) is 110 Å². The largest absolute Gasteiger partial charge is 0.487 e. The first-order valence-corrected chi connectivity index (χ1v) is 18.6. The Hall–Kier alpha value is -2.36. The van der Waals surface area contributed by atoms with Crippen molar-refractivity contribution in [2.45, 2.75) is 188 Å². The second-order valence-electron chi connectivity index (χ2n) is 13.9. The van der Waals surface area contributed by atoms with Crippen molar-refractivity contribution < 1.29 is 22.9 Å². The summed E-state index contributed by atoms with van der Waals surface area (Å²) in [4.78, 5) is 13.4. The third kappa shape index (κ3) is 12.1. The van der Waals surface area contributed by atoms with Crippen molar-refractivity contribution in [1.29, 1.82) is 0 Å². The zero-order valence-electron chi connectivity index (χ0n) is 32.5. The molecule has 1 atom stereocenters. The van der Waals surface area contributed by atoms with Crippen LogP contribution in [0.15, 0.2) is 24.5 Å². The quantitative estimate of drug-likeness (QED) is 0.0565. The summed E-state index contributed by atoms with van der Waals surface area (Å²) < 4.78 is 40.1. The number of hydrogen-bond donors (Lipinski definition) is 0. The van der Waals surface area contributed by atoms with Crippen LogP contribution in [0.1, 0.15) is 186 Å². The average Bonchev–Trinajstić information content (AvgIpc) is 3.05. The first kappa shape index (κ1) is 32.6. The van der Waals surface area contributed by atoms with Crippen LogP contribution in [-0.2, 0) is 13.0 Å². The Morgan fingerprint density at radius 3 is 2.02 bits per heavy atom. The van der Waals surface area contributed by atoms with Crippen molar-refractivity contribution in [3.05, 3.63) is 52.3 Å². The molecule has 0 bridgehead atoms. The van der Waals surface area contributed by atoms with Crippen molar-refractivity contribution in [2.75, 3.05) is 0 Å². The number of pyridine rings is 1. The Balaban J connectivity index is 1.57. The molecule has 1 aliphatic heterocycles. The highest BCUT2D eigenvalue weighted by atomic mass is 16.5. The number of aryl methyl sites for hydroxylation is 1. The zero-order chi connectivity index (χ0) is 35.0. The van der Waals surface area contributed by atoms with E-state index in [1.165, 1.54) is 96.3 Å². The third-order valence-electron chi connectivity index (χ3n) is 9.92. The molecule has 0 amide bonds. The fourth-order valence-corrected chi connectivity index (χ4v) is 6.72. The van der Waals surface area contributed by atoms with Gasteiger partial charge in [-0.25, -0.2) is 9.36 Å². The average molecular weight is 627 g/mol. The summed E-state index contributed by atoms with van der Waals surface area (Å²) in [6.07, 6.45) is 29.3. The maximum atomic E-state index is 13.4. The molecular weight excluding hydrogens is 554 g/mol. The van der Waals surface area contributed by atoms with Gasteiger partial charge < -0.3 is 9.47 Å². The lowest BCUT2D eigenvalue weighted by Gasteiger charge is -2.38. The van der Waals surface area contributed by atoms with Gasteiger partial charge in [0.1, 0.15) is 29.2 Å². The van der Waals surface area contributed by atoms with Crippen LogP contribution in [0.25, 0.3) is 0 Å². The maximum absolute atomic E-state index is 13.4. The molecular formula is C41H66NO3+. The molecule has 1 aromatic carbocycles. The van der Waals surface area contributed by atoms with Gasteiger partial charge >= 0.3 is 5.97 Å². The van der Waals surface area contributed by atoms with Gasteiger partial charge in [0.05, 0.1) is 0 Å². The number of unbranched alkanes of at least 4 members (excludes halogenated alkanes) is 16. The standard InChI is InChI=1S/C41H66NO3/c1-7-9-11-13-14-15-16-17-18-19-20-21-22-23-28-41(6)29-27-37-35(5)38(33(3)34(4)39(37)45-41)44-40(43)36-26-25-31-42(32-36)30-24-12-10-8-2/h25-26,31-32H,7-24,27-30H2,1-6H3/q+1/i5T3. The van der Waals surface area contributed by atoms with Crippen LogP contribution in [0.5, 0.6) is 11.5 Å². The van der Waals surface area contributed by atoms with E-state index in [4.69, 9.17) is 13.6 Å². The zero-order valence-corrected chi connectivity index (χ0v) is 29.5. The Morgan fingerprint density at radius 2 is 1.42 bits per heavy atom. The maximum Gasteiger partial charge on any atom is 0.349 e. The van der Waals surface area contributed by atoms with Gasteiger partial charge in [-0.15, -0.1) is 0 Å². The molecule has 4 nitrogen and oxygen atoms in total. The lowest BCUT2D eigenvalue weighted by Crippen LogP contribution is -2.37. The van der Waals surface area contributed by atoms with E-state index in [1.54, 1.807) is 12.3 Å². The van der Waals surface area contributed by atoms with Crippen molar-refractivity contribution in [3.8, 4) is 11.5 Å². The number of benzene rings is 1. The Labute approximate surface area is 280 Å². The first-order valence-electron chi connectivity index (χ1n) is 20.1. The third-order valence-corrected chi connectivity index (χ3v) is 9.92. The van der Waals surface area contributed by atoms with E-state index in [2.05, 4.69) is 20.8 Å². The highest BCUT2D eigenvalue weighted by Crippen LogP contribution is 2.45. The molecule has 252 valence electrons. The van der Waals surface area contributed by atoms with Crippen molar-refractivity contribution in [2.24, 2.45) is 0 Å². The fourth-order valence-electron chi connectivity index (χ4n) is 6.72. The van der Waals surface area contributed by atoms with Gasteiger partial charge in [-0.2, -0.15) is 0 Å². The monoisotopic (exact) mass is 627 g/mol. The van der Waals surface area contributed by atoms with Crippen molar-refractivity contribution in [1.82, 2.24) is 0 Å². The number of carbonyl (C=O) groups is 1. The van der Waals surface area contributed by atoms with Crippen LogP contribution in [0, 0.1) is 20.7 Å². The van der Waals surface area contributed by atoms with Gasteiger partial charge in [-0.3, -0.25) is 0 Å². The number of ether oxygens (including phenoxy) is 2. The summed E-state index contributed by atoms with van der Waals surface area (Å²) in [7, 11) is 0. The summed E-state index contributed by atoms with van der Waals surface area (Å²) in [5.41, 5.74) is 2.37. The first-order chi connectivity index (χ1) is 23.0. The topological polar surface area (TPSA) is 39.4 Å². The molecule has 4 heteroatoms. The van der Waals surface area contributed by atoms with Gasteiger partial charge in [0.25, 0.3) is 0 Å². The van der Waals surface area contributed by atoms with Gasteiger partial charge in [0.15, 0.2) is 12.4 Å². The predicted molar refractivity (Wildman–Crippen MR) is 189 cm³/mol. The summed E-state index contributed by atoms with van der Waals surface area (Å²) in [6.45, 7) is 8.82. The van der Waals surface area contributed by atoms with Crippen LogP contribution < -0.4 is 14.0 Å². The predicted octanol–water partition coefficient (Wildman–Crippen LogP) is 11.7. The number of nitrogens with zero attached hydrogens (tertiary/aromatic N) is 1. The molecule has 0 fully saturated rings. The minimum absolute atomic E-state index is 0.121. The lowest BCUT2D eigenvalue weighted by molar-refractivity contribution is -0.697. The number of rotatable bonds is 22. The molecule has 1 aliphatic rings. The molecule has 1 aromatic heterocycles. The van der Waals surface area contributed by atoms with Crippen LogP contribution in [0.4, 0.5) is 0 Å². The van der Waals surface area contributed by atoms with E-state index < -0.39 is 12.8 Å². The van der Waals surface area contributed by atoms with E-state index in [1.807, 2.05) is 30.7 Å². The fraction of sp³-hybridized carbons (Fsp3) is 0.707. The molecule has 0 radical (unpaired) electrons. The van der Waals surface area contributed by atoms with Crippen LogP contribution in [0.3, 0.4) is 0 Å². The van der Waals surface area contributed by atoms with Crippen LogP contribution in [-0.4, -0.2) is 11.6 Å². The number of esters is 1. The smallest absolute Gasteiger partial charge is 0.349 e. The van der Waals surface area contributed by atoms with E-state index in [9.17, 15) is 4.79 Å². The summed E-state index contributed by atoms with van der Waals surface area (Å²) >= 11 is 0. The number of aromatic nitrogens is 1. The molecule has 45 heavy (non-hydrogen) atoms. The van der Waals surface area contributed by atoms with Crippen molar-refractivity contribution >= 4 is 5.97 Å². The van der Waals surface area contributed by atoms with E-state index in [-0.39, 0.29) is 16.9 Å². The highest BCUT2D eigenvalue weighted by Gasteiger charge is 2.34. The Kier molecular flexibility index (Phi) is 14.5. The number of carbonyl (C=O) groups excluding carboxylic acids is 1. The highest BCUT2D eigenvalue weighted by molar-refractivity contribution is 5.91. The van der Waals surface area contributed by atoms with Gasteiger partial charge in [0, 0.05) is 22.2 Å². The minimum Gasteiger partial charge on any atom is -0.487 e. The number of fused-ring (bicyclic) bond motifs is 1. The van der Waals surface area contributed by atoms with Crippen molar-refractivity contribution in [3.63, 3.8) is 0 Å². The van der Waals surface area contributed by atoms with E-state index in [0.717, 1.165) is 44.2 Å². The number of hydrogen-bond acceptors (Lipinski definition) is 3. The molecule has 1 unspecified atom stereocenters. The normalized spacial score (nSPS) is 17.2. The molecule has 2 aromatic rings. The minimum atomic E-state index is -2.44. The Morgan fingerprint density at radius 1 is 0.844 bits per heavy atom. The van der Waals surface area contributed by atoms with E-state index >= 15 is 0 Å². The molecule has 0 saturated carbocycles.